The lowest BCUT2D eigenvalue weighted by atomic mass is 10.0. The van der Waals surface area contributed by atoms with Gasteiger partial charge in [-0.05, 0) is 42.8 Å². The van der Waals surface area contributed by atoms with Crippen molar-refractivity contribution in [1.29, 1.82) is 0 Å². The minimum absolute atomic E-state index is 0.192. The van der Waals surface area contributed by atoms with Crippen LogP contribution in [0.15, 0.2) is 42.5 Å². The minimum atomic E-state index is -0.627. The van der Waals surface area contributed by atoms with Gasteiger partial charge in [-0.15, -0.1) is 0 Å². The lowest BCUT2D eigenvalue weighted by Crippen LogP contribution is -2.52. The van der Waals surface area contributed by atoms with Gasteiger partial charge >= 0.3 is 0 Å². The molecule has 2 aromatic carbocycles. The van der Waals surface area contributed by atoms with Gasteiger partial charge < -0.3 is 14.5 Å². The summed E-state index contributed by atoms with van der Waals surface area (Å²) >= 11 is 1.95. The van der Waals surface area contributed by atoms with E-state index in [4.69, 9.17) is 4.74 Å². The van der Waals surface area contributed by atoms with E-state index in [0.29, 0.717) is 30.9 Å². The van der Waals surface area contributed by atoms with Crippen LogP contribution in [0.3, 0.4) is 0 Å². The van der Waals surface area contributed by atoms with Gasteiger partial charge in [0.05, 0.1) is 6.54 Å². The fourth-order valence-electron chi connectivity index (χ4n) is 4.51. The Bertz CT molecular complexity index is 1070. The molecule has 186 valence electrons. The summed E-state index contributed by atoms with van der Waals surface area (Å²) in [6.07, 6.45) is 0.588. The fraction of sp³-hybridized carbons (Fsp3) is 0.444. The van der Waals surface area contributed by atoms with E-state index in [1.807, 2.05) is 17.8 Å². The molecule has 0 aromatic heterocycles. The Hall–Kier alpha value is -2.84. The summed E-state index contributed by atoms with van der Waals surface area (Å²) in [7, 11) is 0. The van der Waals surface area contributed by atoms with Crippen molar-refractivity contribution in [2.45, 2.75) is 51.6 Å². The van der Waals surface area contributed by atoms with Crippen molar-refractivity contribution in [2.24, 2.45) is 0 Å². The third kappa shape index (κ3) is 6.05. The van der Waals surface area contributed by atoms with Crippen molar-refractivity contribution in [3.05, 3.63) is 64.7 Å². The van der Waals surface area contributed by atoms with Crippen LogP contribution in [0.4, 0.5) is 0 Å². The molecule has 1 N–H and O–H groups in total. The third-order valence-electron chi connectivity index (χ3n) is 6.67. The maximum Gasteiger partial charge on any atom is 0.255 e. The van der Waals surface area contributed by atoms with Gasteiger partial charge in [0.25, 0.3) is 5.91 Å². The van der Waals surface area contributed by atoms with Gasteiger partial charge in [0.1, 0.15) is 18.4 Å². The normalized spacial score (nSPS) is 17.6. The van der Waals surface area contributed by atoms with Gasteiger partial charge in [-0.2, -0.15) is 11.8 Å². The summed E-state index contributed by atoms with van der Waals surface area (Å²) in [5.74, 6) is 1.89. The maximum absolute atomic E-state index is 13.0. The highest BCUT2D eigenvalue weighted by Crippen LogP contribution is 2.34. The van der Waals surface area contributed by atoms with E-state index in [0.717, 1.165) is 42.3 Å². The molecule has 0 aliphatic carbocycles. The fourth-order valence-corrected chi connectivity index (χ4v) is 5.47. The van der Waals surface area contributed by atoms with E-state index in [1.54, 1.807) is 17.0 Å². The number of amides is 3. The highest BCUT2D eigenvalue weighted by molar-refractivity contribution is 7.98. The van der Waals surface area contributed by atoms with Crippen LogP contribution in [0, 0.1) is 0 Å². The van der Waals surface area contributed by atoms with E-state index in [2.05, 4.69) is 48.3 Å². The zero-order chi connectivity index (χ0) is 24.8. The molecule has 1 fully saturated rings. The quantitative estimate of drug-likeness (QED) is 0.379. The second-order valence-corrected chi connectivity index (χ2v) is 9.97. The number of hydrogen-bond acceptors (Lipinski definition) is 6. The molecule has 8 heteroatoms. The molecule has 0 bridgehead atoms. The predicted molar refractivity (Wildman–Crippen MR) is 137 cm³/mol. The molecule has 7 nitrogen and oxygen atoms in total. The van der Waals surface area contributed by atoms with Crippen molar-refractivity contribution in [2.75, 3.05) is 25.4 Å². The number of fused-ring (bicyclic) bond motifs is 1. The Labute approximate surface area is 211 Å². The Morgan fingerprint density at radius 3 is 2.51 bits per heavy atom. The summed E-state index contributed by atoms with van der Waals surface area (Å²) in [6.45, 7) is 8.42. The number of nitrogens with zero attached hydrogens (tertiary/aromatic N) is 2. The number of piperidine rings is 1. The lowest BCUT2D eigenvalue weighted by Gasteiger charge is -2.29. The van der Waals surface area contributed by atoms with Gasteiger partial charge in [0.15, 0.2) is 0 Å². The Balaban J connectivity index is 1.32. The minimum Gasteiger partial charge on any atom is -0.489 e. The molecule has 2 aliphatic heterocycles. The Morgan fingerprint density at radius 2 is 1.80 bits per heavy atom. The average Bonchev–Trinajstić information content (AvgIpc) is 3.20. The Morgan fingerprint density at radius 1 is 1.06 bits per heavy atom. The second kappa shape index (κ2) is 11.7. The first-order chi connectivity index (χ1) is 17.0. The highest BCUT2D eigenvalue weighted by Gasteiger charge is 2.40. The van der Waals surface area contributed by atoms with E-state index in [1.165, 1.54) is 5.56 Å². The van der Waals surface area contributed by atoms with Crippen molar-refractivity contribution >= 4 is 29.5 Å². The molecule has 0 spiro atoms. The van der Waals surface area contributed by atoms with Crippen LogP contribution in [0.5, 0.6) is 5.75 Å². The molecule has 3 amide bonds. The number of imide groups is 1. The van der Waals surface area contributed by atoms with Crippen molar-refractivity contribution in [1.82, 2.24) is 15.1 Å². The van der Waals surface area contributed by atoms with E-state index >= 15 is 0 Å². The smallest absolute Gasteiger partial charge is 0.255 e. The summed E-state index contributed by atoms with van der Waals surface area (Å²) < 4.78 is 6.11. The second-order valence-electron chi connectivity index (χ2n) is 8.87. The SMILES string of the molecule is CCN(CC)CCSCc1ccc(COc2cccc3c2CN(C2CCC(=O)NC2=O)C3=O)cc1. The van der Waals surface area contributed by atoms with Crippen LogP contribution in [-0.4, -0.2) is 59.0 Å². The number of carbonyl (C=O) groups is 3. The van der Waals surface area contributed by atoms with Crippen LogP contribution in [0.2, 0.25) is 0 Å². The molecule has 2 heterocycles. The van der Waals surface area contributed by atoms with Gasteiger partial charge in [0.2, 0.25) is 11.8 Å². The van der Waals surface area contributed by atoms with Crippen LogP contribution in [0.1, 0.15) is 53.7 Å². The number of ether oxygens (including phenoxy) is 1. The lowest BCUT2D eigenvalue weighted by molar-refractivity contribution is -0.136. The molecule has 1 unspecified atom stereocenters. The van der Waals surface area contributed by atoms with Crippen LogP contribution >= 0.6 is 11.8 Å². The van der Waals surface area contributed by atoms with E-state index < -0.39 is 11.9 Å². The van der Waals surface area contributed by atoms with Gasteiger partial charge in [0, 0.05) is 35.6 Å². The summed E-state index contributed by atoms with van der Waals surface area (Å²) in [6, 6.07) is 13.3. The van der Waals surface area contributed by atoms with Gasteiger partial charge in [-0.25, -0.2) is 0 Å². The zero-order valence-corrected chi connectivity index (χ0v) is 21.2. The standard InChI is InChI=1S/C27H33N3O4S/c1-3-29(4-2)14-15-35-18-20-10-8-19(9-11-20)17-34-24-7-5-6-21-22(24)16-30(27(21)33)23-12-13-25(31)28-26(23)32/h5-11,23H,3-4,12-18H2,1-2H3,(H,28,31,32). The first kappa shape index (κ1) is 25.3. The molecule has 1 atom stereocenters. The number of carbonyl (C=O) groups excluding carboxylic acids is 3. The monoisotopic (exact) mass is 495 g/mol. The molecular formula is C27H33N3O4S. The molecule has 0 saturated carbocycles. The number of rotatable bonds is 11. The van der Waals surface area contributed by atoms with Crippen molar-refractivity contribution in [3.63, 3.8) is 0 Å². The molecule has 4 rings (SSSR count). The predicted octanol–water partition coefficient (Wildman–Crippen LogP) is 3.60. The number of thioether (sulfide) groups is 1. The average molecular weight is 496 g/mol. The summed E-state index contributed by atoms with van der Waals surface area (Å²) in [5, 5.41) is 2.34. The number of nitrogens with one attached hydrogen (secondary N) is 1. The highest BCUT2D eigenvalue weighted by atomic mass is 32.2. The van der Waals surface area contributed by atoms with Crippen LogP contribution < -0.4 is 10.1 Å². The maximum atomic E-state index is 13.0. The van der Waals surface area contributed by atoms with Gasteiger partial charge in [-0.1, -0.05) is 44.2 Å². The topological polar surface area (TPSA) is 79.0 Å². The molecule has 35 heavy (non-hydrogen) atoms. The third-order valence-corrected chi connectivity index (χ3v) is 7.68. The number of benzene rings is 2. The van der Waals surface area contributed by atoms with Gasteiger partial charge in [-0.3, -0.25) is 19.7 Å². The molecular weight excluding hydrogens is 462 g/mol. The zero-order valence-electron chi connectivity index (χ0n) is 20.4. The first-order valence-corrected chi connectivity index (χ1v) is 13.4. The molecule has 1 saturated heterocycles. The Kier molecular flexibility index (Phi) is 8.46. The van der Waals surface area contributed by atoms with E-state index in [-0.39, 0.29) is 18.2 Å². The largest absolute Gasteiger partial charge is 0.489 e. The summed E-state index contributed by atoms with van der Waals surface area (Å²) in [5.41, 5.74) is 3.71. The number of hydrogen-bond donors (Lipinski definition) is 1. The molecule has 2 aromatic rings. The van der Waals surface area contributed by atoms with Crippen LogP contribution in [0.25, 0.3) is 0 Å². The first-order valence-electron chi connectivity index (χ1n) is 12.3. The van der Waals surface area contributed by atoms with Crippen molar-refractivity contribution < 1.29 is 19.1 Å². The molecule has 0 radical (unpaired) electrons. The van der Waals surface area contributed by atoms with Crippen molar-refractivity contribution in [3.8, 4) is 5.75 Å². The summed E-state index contributed by atoms with van der Waals surface area (Å²) in [4.78, 5) is 40.7. The van der Waals surface area contributed by atoms with E-state index in [9.17, 15) is 14.4 Å². The molecule has 2 aliphatic rings. The van der Waals surface area contributed by atoms with Crippen LogP contribution in [-0.2, 0) is 28.5 Å².